The summed E-state index contributed by atoms with van der Waals surface area (Å²) in [5, 5.41) is 3.28. The molecule has 4 heteroatoms. The molecular formula is C11H11N3S. The maximum atomic E-state index is 5.67. The maximum absolute atomic E-state index is 5.67. The Kier molecular flexibility index (Phi) is 1.95. The molecule has 0 saturated heterocycles. The van der Waals surface area contributed by atoms with Crippen molar-refractivity contribution in [2.75, 3.05) is 18.8 Å². The average molecular weight is 217 g/mol. The minimum Gasteiger partial charge on any atom is -0.399 e. The van der Waals surface area contributed by atoms with Crippen molar-refractivity contribution < 1.29 is 0 Å². The van der Waals surface area contributed by atoms with Gasteiger partial charge in [-0.2, -0.15) is 0 Å². The number of anilines is 1. The van der Waals surface area contributed by atoms with Gasteiger partial charge in [-0.1, -0.05) is 23.9 Å². The van der Waals surface area contributed by atoms with Crippen LogP contribution in [0, 0.1) is 0 Å². The first-order valence-electron chi connectivity index (χ1n) is 4.89. The number of hydrogen-bond acceptors (Lipinski definition) is 4. The van der Waals surface area contributed by atoms with Crippen molar-refractivity contribution in [2.24, 2.45) is 4.99 Å². The summed E-state index contributed by atoms with van der Waals surface area (Å²) in [6.45, 7) is 1.91. The minimum absolute atomic E-state index is 0.806. The van der Waals surface area contributed by atoms with E-state index in [1.807, 2.05) is 12.1 Å². The van der Waals surface area contributed by atoms with Gasteiger partial charge in [0.05, 0.1) is 12.2 Å². The molecule has 0 amide bonds. The molecule has 0 fully saturated rings. The molecule has 3 rings (SSSR count). The van der Waals surface area contributed by atoms with E-state index in [0.717, 1.165) is 23.9 Å². The summed E-state index contributed by atoms with van der Waals surface area (Å²) < 4.78 is 0. The number of nitrogens with zero attached hydrogens (tertiary/aromatic N) is 2. The van der Waals surface area contributed by atoms with Gasteiger partial charge in [0.15, 0.2) is 5.17 Å². The van der Waals surface area contributed by atoms with Gasteiger partial charge in [0.25, 0.3) is 0 Å². The molecule has 0 atom stereocenters. The zero-order valence-corrected chi connectivity index (χ0v) is 9.00. The van der Waals surface area contributed by atoms with Gasteiger partial charge >= 0.3 is 0 Å². The lowest BCUT2D eigenvalue weighted by Gasteiger charge is -2.16. The van der Waals surface area contributed by atoms with Gasteiger partial charge in [0.2, 0.25) is 0 Å². The van der Waals surface area contributed by atoms with Crippen LogP contribution in [0.4, 0.5) is 5.69 Å². The van der Waals surface area contributed by atoms with E-state index in [1.54, 1.807) is 11.8 Å². The van der Waals surface area contributed by atoms with Gasteiger partial charge in [0, 0.05) is 17.6 Å². The van der Waals surface area contributed by atoms with Gasteiger partial charge in [-0.25, -0.2) is 0 Å². The second-order valence-corrected chi connectivity index (χ2v) is 4.40. The Labute approximate surface area is 92.7 Å². The number of benzene rings is 1. The summed E-state index contributed by atoms with van der Waals surface area (Å²) >= 11 is 1.70. The fourth-order valence-corrected chi connectivity index (χ4v) is 2.76. The number of nitrogen functional groups attached to an aromatic ring is 1. The molecule has 0 spiro atoms. The highest BCUT2D eigenvalue weighted by molar-refractivity contribution is 8.16. The van der Waals surface area contributed by atoms with Crippen LogP contribution in [0.1, 0.15) is 5.56 Å². The summed E-state index contributed by atoms with van der Waals surface area (Å²) in [5.41, 5.74) is 8.93. The number of hydrogen-bond donors (Lipinski definition) is 1. The quantitative estimate of drug-likeness (QED) is 0.731. The van der Waals surface area contributed by atoms with Crippen molar-refractivity contribution in [3.8, 4) is 0 Å². The van der Waals surface area contributed by atoms with E-state index in [0.29, 0.717) is 0 Å². The van der Waals surface area contributed by atoms with Crippen LogP contribution in [0.2, 0.25) is 0 Å². The monoisotopic (exact) mass is 217 g/mol. The van der Waals surface area contributed by atoms with E-state index < -0.39 is 0 Å². The highest BCUT2D eigenvalue weighted by atomic mass is 32.2. The molecule has 1 aromatic rings. The molecular weight excluding hydrogens is 206 g/mol. The summed E-state index contributed by atoms with van der Waals surface area (Å²) in [4.78, 5) is 6.68. The lowest BCUT2D eigenvalue weighted by molar-refractivity contribution is 0.650. The van der Waals surface area contributed by atoms with Gasteiger partial charge in [-0.3, -0.25) is 4.99 Å². The first kappa shape index (κ1) is 8.85. The van der Waals surface area contributed by atoms with Crippen molar-refractivity contribution >= 4 is 28.3 Å². The molecule has 1 aromatic carbocycles. The molecule has 2 heterocycles. The third kappa shape index (κ3) is 1.41. The zero-order chi connectivity index (χ0) is 10.3. The number of amidine groups is 1. The number of thioether (sulfide) groups is 1. The van der Waals surface area contributed by atoms with Crippen LogP contribution in [0.25, 0.3) is 5.70 Å². The van der Waals surface area contributed by atoms with Crippen LogP contribution in [0.3, 0.4) is 0 Å². The first-order valence-corrected chi connectivity index (χ1v) is 5.77. The molecule has 76 valence electrons. The molecule has 0 unspecified atom stereocenters. The van der Waals surface area contributed by atoms with Crippen LogP contribution < -0.4 is 5.73 Å². The number of rotatable bonds is 1. The van der Waals surface area contributed by atoms with Crippen molar-refractivity contribution in [3.05, 3.63) is 35.2 Å². The minimum atomic E-state index is 0.806. The Morgan fingerprint density at radius 2 is 2.07 bits per heavy atom. The van der Waals surface area contributed by atoms with E-state index in [1.165, 1.54) is 11.3 Å². The molecule has 2 N–H and O–H groups in total. The Hall–Kier alpha value is -1.42. The Bertz CT molecular complexity index is 447. The second kappa shape index (κ2) is 3.31. The SMILES string of the molecule is Nc1ccc(C2=CSC3=NCCN23)cc1. The van der Waals surface area contributed by atoms with Crippen LogP contribution in [-0.2, 0) is 0 Å². The van der Waals surface area contributed by atoms with E-state index in [2.05, 4.69) is 27.4 Å². The van der Waals surface area contributed by atoms with Gasteiger partial charge in [0.1, 0.15) is 0 Å². The molecule has 0 radical (unpaired) electrons. The molecule has 0 saturated carbocycles. The first-order chi connectivity index (χ1) is 7.34. The van der Waals surface area contributed by atoms with E-state index >= 15 is 0 Å². The highest BCUT2D eigenvalue weighted by Gasteiger charge is 2.26. The van der Waals surface area contributed by atoms with E-state index in [-0.39, 0.29) is 0 Å². The standard InChI is InChI=1S/C11H11N3S/c12-9-3-1-8(2-4-9)10-7-15-11-13-5-6-14(10)11/h1-4,7H,5-6,12H2. The van der Waals surface area contributed by atoms with Crippen molar-refractivity contribution in [2.45, 2.75) is 0 Å². The normalized spacial score (nSPS) is 18.8. The lowest BCUT2D eigenvalue weighted by Crippen LogP contribution is -2.19. The van der Waals surface area contributed by atoms with Crippen LogP contribution in [0.5, 0.6) is 0 Å². The molecule has 0 bridgehead atoms. The highest BCUT2D eigenvalue weighted by Crippen LogP contribution is 2.35. The predicted octanol–water partition coefficient (Wildman–Crippen LogP) is 1.99. The molecule has 0 aliphatic carbocycles. The lowest BCUT2D eigenvalue weighted by atomic mass is 10.1. The third-order valence-corrected chi connectivity index (χ3v) is 3.48. The summed E-state index contributed by atoms with van der Waals surface area (Å²) in [5.74, 6) is 0. The Morgan fingerprint density at radius 1 is 1.27 bits per heavy atom. The fraction of sp³-hybridized carbons (Fsp3) is 0.182. The van der Waals surface area contributed by atoms with Crippen molar-refractivity contribution in [1.29, 1.82) is 0 Å². The summed E-state index contributed by atoms with van der Waals surface area (Å²) in [7, 11) is 0. The predicted molar refractivity (Wildman–Crippen MR) is 65.4 cm³/mol. The summed E-state index contributed by atoms with van der Waals surface area (Å²) in [6.07, 6.45) is 0. The Morgan fingerprint density at radius 3 is 2.87 bits per heavy atom. The summed E-state index contributed by atoms with van der Waals surface area (Å²) in [6, 6.07) is 7.99. The van der Waals surface area contributed by atoms with Crippen molar-refractivity contribution in [3.63, 3.8) is 0 Å². The maximum Gasteiger partial charge on any atom is 0.168 e. The zero-order valence-electron chi connectivity index (χ0n) is 8.18. The van der Waals surface area contributed by atoms with Crippen LogP contribution in [-0.4, -0.2) is 23.2 Å². The van der Waals surface area contributed by atoms with Gasteiger partial charge in [-0.05, 0) is 17.7 Å². The second-order valence-electron chi connectivity index (χ2n) is 3.56. The molecule has 2 aliphatic heterocycles. The number of fused-ring (bicyclic) bond motifs is 1. The number of aliphatic imine (C=N–C) groups is 1. The third-order valence-electron chi connectivity index (χ3n) is 2.57. The largest absolute Gasteiger partial charge is 0.399 e. The fourth-order valence-electron chi connectivity index (χ4n) is 1.80. The van der Waals surface area contributed by atoms with Crippen LogP contribution in [0.15, 0.2) is 34.7 Å². The molecule has 0 aromatic heterocycles. The van der Waals surface area contributed by atoms with Gasteiger partial charge in [-0.15, -0.1) is 0 Å². The molecule has 15 heavy (non-hydrogen) atoms. The van der Waals surface area contributed by atoms with E-state index in [4.69, 9.17) is 5.73 Å². The van der Waals surface area contributed by atoms with Crippen LogP contribution >= 0.6 is 11.8 Å². The smallest absolute Gasteiger partial charge is 0.168 e. The molecule has 3 nitrogen and oxygen atoms in total. The Balaban J connectivity index is 1.95. The average Bonchev–Trinajstić information content (AvgIpc) is 2.80. The van der Waals surface area contributed by atoms with E-state index in [9.17, 15) is 0 Å². The number of nitrogens with two attached hydrogens (primary N) is 1. The van der Waals surface area contributed by atoms with Crippen molar-refractivity contribution in [1.82, 2.24) is 4.90 Å². The topological polar surface area (TPSA) is 41.6 Å². The molecule has 2 aliphatic rings. The van der Waals surface area contributed by atoms with Gasteiger partial charge < -0.3 is 10.6 Å².